The first-order valence-electron chi connectivity index (χ1n) is 9.33. The van der Waals surface area contributed by atoms with Crippen LogP contribution in [0.3, 0.4) is 0 Å². The molecule has 0 saturated heterocycles. The van der Waals surface area contributed by atoms with Gasteiger partial charge in [-0.25, -0.2) is 0 Å². The number of carbonyl (C=O) groups excluding carboxylic acids is 2. The molecule has 1 aromatic heterocycles. The Balaban J connectivity index is 1.21. The van der Waals surface area contributed by atoms with Gasteiger partial charge in [-0.15, -0.1) is 0 Å². The Hall–Kier alpha value is -3.41. The Morgan fingerprint density at radius 2 is 1.96 bits per heavy atom. The van der Waals surface area contributed by atoms with Crippen molar-refractivity contribution in [1.82, 2.24) is 15.2 Å². The first kappa shape index (κ1) is 18.0. The Kier molecular flexibility index (Phi) is 5.19. The van der Waals surface area contributed by atoms with Crippen molar-refractivity contribution in [1.29, 1.82) is 0 Å². The number of fused-ring (bicyclic) bond motifs is 2. The van der Waals surface area contributed by atoms with Crippen LogP contribution in [0, 0.1) is 0 Å². The van der Waals surface area contributed by atoms with Gasteiger partial charge in [-0.05, 0) is 23.8 Å². The summed E-state index contributed by atoms with van der Waals surface area (Å²) in [6.45, 7) is 1.73. The van der Waals surface area contributed by atoms with E-state index in [1.807, 2.05) is 54.6 Å². The highest BCUT2D eigenvalue weighted by Gasteiger charge is 2.26. The van der Waals surface area contributed by atoms with Crippen LogP contribution in [0.4, 0.5) is 0 Å². The van der Waals surface area contributed by atoms with Gasteiger partial charge in [-0.3, -0.25) is 14.6 Å². The quantitative estimate of drug-likeness (QED) is 0.645. The minimum Gasteiger partial charge on any atom is -0.489 e. The minimum atomic E-state index is -0.0941. The number of amides is 2. The lowest BCUT2D eigenvalue weighted by atomic mass is 10.1. The summed E-state index contributed by atoms with van der Waals surface area (Å²) in [5.41, 5.74) is 2.56. The summed E-state index contributed by atoms with van der Waals surface area (Å²) in [6, 6.07) is 17.2. The van der Waals surface area contributed by atoms with Crippen LogP contribution in [0.2, 0.25) is 0 Å². The van der Waals surface area contributed by atoms with E-state index in [9.17, 15) is 9.59 Å². The molecule has 1 N–H and O–H groups in total. The SMILES string of the molecule is O=C(CCN1Cc2ccccc2C1=O)NCCOc1cccc2cccnc12. The molecule has 0 unspecified atom stereocenters. The number of para-hydroxylation sites is 1. The molecular formula is C22H21N3O3. The zero-order valence-corrected chi connectivity index (χ0v) is 15.4. The number of pyridine rings is 1. The molecule has 0 radical (unpaired) electrons. The molecule has 142 valence electrons. The van der Waals surface area contributed by atoms with Crippen LogP contribution >= 0.6 is 0 Å². The molecule has 1 aliphatic heterocycles. The summed E-state index contributed by atoms with van der Waals surface area (Å²) in [6.07, 6.45) is 2.00. The van der Waals surface area contributed by atoms with Crippen molar-refractivity contribution < 1.29 is 14.3 Å². The van der Waals surface area contributed by atoms with Gasteiger partial charge in [0.25, 0.3) is 5.91 Å². The number of nitrogens with zero attached hydrogens (tertiary/aromatic N) is 2. The van der Waals surface area contributed by atoms with E-state index < -0.39 is 0 Å². The topological polar surface area (TPSA) is 71.5 Å². The summed E-state index contributed by atoms with van der Waals surface area (Å²) >= 11 is 0. The summed E-state index contributed by atoms with van der Waals surface area (Å²) < 4.78 is 5.77. The van der Waals surface area contributed by atoms with Crippen LogP contribution in [0.5, 0.6) is 5.75 Å². The smallest absolute Gasteiger partial charge is 0.254 e. The second kappa shape index (κ2) is 8.08. The third-order valence-corrected chi connectivity index (χ3v) is 4.78. The minimum absolute atomic E-state index is 0.00445. The number of benzene rings is 2. The van der Waals surface area contributed by atoms with Gasteiger partial charge in [-0.1, -0.05) is 36.4 Å². The number of hydrogen-bond donors (Lipinski definition) is 1. The van der Waals surface area contributed by atoms with E-state index in [-0.39, 0.29) is 18.2 Å². The fourth-order valence-electron chi connectivity index (χ4n) is 3.36. The number of rotatable bonds is 7. The normalized spacial score (nSPS) is 12.9. The average molecular weight is 375 g/mol. The van der Waals surface area contributed by atoms with Crippen molar-refractivity contribution in [2.75, 3.05) is 19.7 Å². The van der Waals surface area contributed by atoms with E-state index >= 15 is 0 Å². The number of ether oxygens (including phenoxy) is 1. The van der Waals surface area contributed by atoms with Gasteiger partial charge in [0.15, 0.2) is 0 Å². The first-order valence-corrected chi connectivity index (χ1v) is 9.33. The summed E-state index contributed by atoms with van der Waals surface area (Å²) in [7, 11) is 0. The van der Waals surface area contributed by atoms with Crippen LogP contribution in [0.15, 0.2) is 60.8 Å². The van der Waals surface area contributed by atoms with Crippen molar-refractivity contribution in [2.24, 2.45) is 0 Å². The van der Waals surface area contributed by atoms with Crippen LogP contribution in [-0.4, -0.2) is 41.4 Å². The van der Waals surface area contributed by atoms with Crippen LogP contribution in [-0.2, 0) is 11.3 Å². The summed E-state index contributed by atoms with van der Waals surface area (Å²) in [5.74, 6) is 0.603. The second-order valence-electron chi connectivity index (χ2n) is 6.66. The van der Waals surface area contributed by atoms with E-state index in [0.717, 1.165) is 22.0 Å². The highest BCUT2D eigenvalue weighted by atomic mass is 16.5. The van der Waals surface area contributed by atoms with Crippen molar-refractivity contribution in [2.45, 2.75) is 13.0 Å². The molecule has 0 aliphatic carbocycles. The molecule has 0 bridgehead atoms. The highest BCUT2D eigenvalue weighted by Crippen LogP contribution is 2.23. The Morgan fingerprint density at radius 3 is 2.86 bits per heavy atom. The van der Waals surface area contributed by atoms with E-state index in [4.69, 9.17) is 4.74 Å². The third kappa shape index (κ3) is 3.81. The number of hydrogen-bond acceptors (Lipinski definition) is 4. The highest BCUT2D eigenvalue weighted by molar-refractivity contribution is 5.98. The zero-order chi connectivity index (χ0) is 19.3. The Morgan fingerprint density at radius 1 is 1.11 bits per heavy atom. The van der Waals surface area contributed by atoms with Gasteiger partial charge in [0.05, 0.1) is 6.54 Å². The van der Waals surface area contributed by atoms with Gasteiger partial charge in [0, 0.05) is 36.7 Å². The molecular weight excluding hydrogens is 354 g/mol. The van der Waals surface area contributed by atoms with Crippen molar-refractivity contribution >= 4 is 22.7 Å². The van der Waals surface area contributed by atoms with Gasteiger partial charge < -0.3 is 15.0 Å². The molecule has 28 heavy (non-hydrogen) atoms. The van der Waals surface area contributed by atoms with Gasteiger partial charge in [0.1, 0.15) is 17.9 Å². The molecule has 2 aromatic carbocycles. The maximum atomic E-state index is 12.3. The Bertz CT molecular complexity index is 1010. The maximum Gasteiger partial charge on any atom is 0.254 e. The molecule has 3 aromatic rings. The maximum absolute atomic E-state index is 12.3. The van der Waals surface area contributed by atoms with Gasteiger partial charge in [0.2, 0.25) is 5.91 Å². The summed E-state index contributed by atoms with van der Waals surface area (Å²) in [4.78, 5) is 30.4. The average Bonchev–Trinajstić information content (AvgIpc) is 3.05. The standard InChI is InChI=1S/C22H21N3O3/c26-20(10-13-25-15-17-5-1-2-8-18(17)22(25)27)23-12-14-28-19-9-3-6-16-7-4-11-24-21(16)19/h1-9,11H,10,12-15H2,(H,23,26). The molecule has 2 amide bonds. The first-order chi connectivity index (χ1) is 13.7. The third-order valence-electron chi connectivity index (χ3n) is 4.78. The monoisotopic (exact) mass is 375 g/mol. The molecule has 6 heteroatoms. The molecule has 1 aliphatic rings. The van der Waals surface area contributed by atoms with Gasteiger partial charge >= 0.3 is 0 Å². The lowest BCUT2D eigenvalue weighted by Gasteiger charge is -2.15. The fraction of sp³-hybridized carbons (Fsp3) is 0.227. The largest absolute Gasteiger partial charge is 0.489 e. The van der Waals surface area contributed by atoms with Crippen molar-refractivity contribution in [3.63, 3.8) is 0 Å². The Labute approximate surface area is 163 Å². The second-order valence-corrected chi connectivity index (χ2v) is 6.66. The molecule has 0 atom stereocenters. The molecule has 0 saturated carbocycles. The van der Waals surface area contributed by atoms with E-state index in [0.29, 0.717) is 32.0 Å². The lowest BCUT2D eigenvalue weighted by Crippen LogP contribution is -2.33. The van der Waals surface area contributed by atoms with Gasteiger partial charge in [-0.2, -0.15) is 0 Å². The van der Waals surface area contributed by atoms with Crippen LogP contribution in [0.25, 0.3) is 10.9 Å². The molecule has 2 heterocycles. The van der Waals surface area contributed by atoms with Crippen molar-refractivity contribution in [3.05, 3.63) is 71.9 Å². The zero-order valence-electron chi connectivity index (χ0n) is 15.4. The molecule has 6 nitrogen and oxygen atoms in total. The lowest BCUT2D eigenvalue weighted by molar-refractivity contribution is -0.121. The predicted octanol–water partition coefficient (Wildman–Crippen LogP) is 2.78. The van der Waals surface area contributed by atoms with E-state index in [1.54, 1.807) is 11.1 Å². The van der Waals surface area contributed by atoms with Crippen LogP contribution < -0.4 is 10.1 Å². The number of nitrogens with one attached hydrogen (secondary N) is 1. The fourth-order valence-corrected chi connectivity index (χ4v) is 3.36. The van der Waals surface area contributed by atoms with Crippen LogP contribution in [0.1, 0.15) is 22.3 Å². The predicted molar refractivity (Wildman–Crippen MR) is 106 cm³/mol. The van der Waals surface area contributed by atoms with E-state index in [2.05, 4.69) is 10.3 Å². The number of aromatic nitrogens is 1. The molecule has 0 spiro atoms. The molecule has 0 fully saturated rings. The molecule has 4 rings (SSSR count). The van der Waals surface area contributed by atoms with E-state index in [1.165, 1.54) is 0 Å². The summed E-state index contributed by atoms with van der Waals surface area (Å²) in [5, 5.41) is 3.85. The number of carbonyl (C=O) groups is 2. The van der Waals surface area contributed by atoms with Crippen molar-refractivity contribution in [3.8, 4) is 5.75 Å².